The van der Waals surface area contributed by atoms with Gasteiger partial charge in [0.05, 0.1) is 32.3 Å². The fourth-order valence-corrected chi connectivity index (χ4v) is 4.94. The highest BCUT2D eigenvalue weighted by atomic mass is 31.2. The van der Waals surface area contributed by atoms with Crippen molar-refractivity contribution in [2.45, 2.75) is 45.1 Å². The van der Waals surface area contributed by atoms with Crippen LogP contribution in [0.1, 0.15) is 32.9 Å². The van der Waals surface area contributed by atoms with Gasteiger partial charge in [-0.3, -0.25) is 13.9 Å². The molecule has 194 valence electrons. The summed E-state index contributed by atoms with van der Waals surface area (Å²) in [6.07, 6.45) is 1.72. The zero-order chi connectivity index (χ0) is 25.7. The van der Waals surface area contributed by atoms with Crippen molar-refractivity contribution in [1.82, 2.24) is 24.6 Å². The molecule has 1 aromatic carbocycles. The van der Waals surface area contributed by atoms with Crippen molar-refractivity contribution in [1.29, 1.82) is 0 Å². The number of para-hydroxylation sites is 1. The van der Waals surface area contributed by atoms with Gasteiger partial charge in [-0.2, -0.15) is 9.97 Å². The van der Waals surface area contributed by atoms with Crippen molar-refractivity contribution in [3.63, 3.8) is 0 Å². The third-order valence-electron chi connectivity index (χ3n) is 5.18. The van der Waals surface area contributed by atoms with Crippen molar-refractivity contribution in [2.24, 2.45) is 0 Å². The van der Waals surface area contributed by atoms with Gasteiger partial charge in [0.25, 0.3) is 0 Å². The summed E-state index contributed by atoms with van der Waals surface area (Å²) in [5.74, 6) is 0.0773. The predicted octanol–water partition coefficient (Wildman–Crippen LogP) is 2.84. The molecule has 3 atom stereocenters. The standard InChI is InChI=1S/C22H29N6O7P/c1-14(2)33-18(29)11-25-36(30,35-15-7-5-4-6-8-15)32-12-16-9-10-17(34-16)28-13-24-19-20(28)26-22(23)27-21(19)31-3/h4-8,13-14,16-17H,9-12H2,1-3H3,(H,25,30)(H2,23,26,27). The Kier molecular flexibility index (Phi) is 8.04. The first kappa shape index (κ1) is 25.8. The lowest BCUT2D eigenvalue weighted by molar-refractivity contribution is -0.145. The van der Waals surface area contributed by atoms with Gasteiger partial charge in [0.1, 0.15) is 18.5 Å². The molecule has 3 heterocycles. The number of hydrogen-bond acceptors (Lipinski definition) is 11. The molecule has 1 fully saturated rings. The average molecular weight is 520 g/mol. The maximum atomic E-state index is 13.4. The van der Waals surface area contributed by atoms with Gasteiger partial charge in [-0.15, -0.1) is 0 Å². The smallest absolute Gasteiger partial charge is 0.459 e. The lowest BCUT2D eigenvalue weighted by Crippen LogP contribution is -2.28. The van der Waals surface area contributed by atoms with E-state index in [1.54, 1.807) is 55.1 Å². The van der Waals surface area contributed by atoms with Crippen LogP contribution in [0.2, 0.25) is 0 Å². The first-order valence-corrected chi connectivity index (χ1v) is 12.9. The van der Waals surface area contributed by atoms with Gasteiger partial charge in [0.2, 0.25) is 11.8 Å². The van der Waals surface area contributed by atoms with Crippen LogP contribution in [-0.4, -0.2) is 58.0 Å². The molecule has 0 bridgehead atoms. The minimum atomic E-state index is -3.93. The summed E-state index contributed by atoms with van der Waals surface area (Å²) in [5.41, 5.74) is 6.75. The molecular weight excluding hydrogens is 491 g/mol. The summed E-state index contributed by atoms with van der Waals surface area (Å²) in [6, 6.07) is 8.54. The Morgan fingerprint density at radius 3 is 2.78 bits per heavy atom. The summed E-state index contributed by atoms with van der Waals surface area (Å²) in [6.45, 7) is 3.06. The van der Waals surface area contributed by atoms with E-state index in [1.165, 1.54) is 7.11 Å². The van der Waals surface area contributed by atoms with Crippen LogP contribution in [0.4, 0.5) is 5.95 Å². The predicted molar refractivity (Wildman–Crippen MR) is 129 cm³/mol. The number of esters is 1. The van der Waals surface area contributed by atoms with Gasteiger partial charge in [-0.25, -0.2) is 14.6 Å². The van der Waals surface area contributed by atoms with Crippen molar-refractivity contribution < 1.29 is 32.6 Å². The van der Waals surface area contributed by atoms with Gasteiger partial charge >= 0.3 is 13.7 Å². The van der Waals surface area contributed by atoms with E-state index in [0.717, 1.165) is 0 Å². The van der Waals surface area contributed by atoms with E-state index in [0.29, 0.717) is 29.8 Å². The van der Waals surface area contributed by atoms with E-state index in [4.69, 9.17) is 29.0 Å². The van der Waals surface area contributed by atoms with Gasteiger partial charge in [0.15, 0.2) is 11.2 Å². The molecule has 1 saturated heterocycles. The normalized spacial score (nSPS) is 19.3. The number of benzene rings is 1. The first-order valence-electron chi connectivity index (χ1n) is 11.4. The molecule has 0 spiro atoms. The molecular formula is C22H29N6O7P. The number of fused-ring (bicyclic) bond motifs is 1. The maximum absolute atomic E-state index is 13.4. The Bertz CT molecular complexity index is 1240. The largest absolute Gasteiger partial charge is 0.479 e. The number of methoxy groups -OCH3 is 1. The third kappa shape index (κ3) is 6.30. The number of carbonyl (C=O) groups excluding carboxylic acids is 1. The Morgan fingerprint density at radius 2 is 2.06 bits per heavy atom. The topological polar surface area (TPSA) is 162 Å². The minimum Gasteiger partial charge on any atom is -0.479 e. The molecule has 1 aliphatic rings. The molecule has 36 heavy (non-hydrogen) atoms. The average Bonchev–Trinajstić information content (AvgIpc) is 3.48. The Morgan fingerprint density at radius 1 is 1.28 bits per heavy atom. The van der Waals surface area contributed by atoms with Crippen molar-refractivity contribution in [3.8, 4) is 11.6 Å². The van der Waals surface area contributed by atoms with E-state index >= 15 is 0 Å². The second-order valence-electron chi connectivity index (χ2n) is 8.28. The van der Waals surface area contributed by atoms with E-state index < -0.39 is 26.0 Å². The molecule has 0 radical (unpaired) electrons. The van der Waals surface area contributed by atoms with Crippen LogP contribution < -0.4 is 20.1 Å². The SMILES string of the molecule is COc1nc(N)nc2c1ncn2C1CCC(COP(=O)(NCC(=O)OC(C)C)Oc2ccccc2)O1. The number of aromatic nitrogens is 4. The highest BCUT2D eigenvalue weighted by Crippen LogP contribution is 2.45. The molecule has 13 nitrogen and oxygen atoms in total. The number of nitrogens with one attached hydrogen (secondary N) is 1. The van der Waals surface area contributed by atoms with Crippen LogP contribution in [0.5, 0.6) is 11.6 Å². The van der Waals surface area contributed by atoms with Gasteiger partial charge < -0.3 is 24.5 Å². The lowest BCUT2D eigenvalue weighted by atomic mass is 10.2. The molecule has 3 N–H and O–H groups in total. The van der Waals surface area contributed by atoms with Crippen molar-refractivity contribution in [2.75, 3.05) is 26.0 Å². The number of rotatable bonds is 11. The van der Waals surface area contributed by atoms with Crippen LogP contribution in [0.3, 0.4) is 0 Å². The first-order chi connectivity index (χ1) is 17.3. The molecule has 0 amide bonds. The van der Waals surface area contributed by atoms with Gasteiger partial charge in [-0.05, 0) is 38.8 Å². The minimum absolute atomic E-state index is 0.0418. The summed E-state index contributed by atoms with van der Waals surface area (Å²) < 4.78 is 42.9. The molecule has 0 aliphatic carbocycles. The van der Waals surface area contributed by atoms with Crippen LogP contribution in [0, 0.1) is 0 Å². The number of carbonyl (C=O) groups is 1. The molecule has 3 unspecified atom stereocenters. The molecule has 1 aliphatic heterocycles. The number of nitrogens with two attached hydrogens (primary N) is 1. The maximum Gasteiger partial charge on any atom is 0.459 e. The molecule has 0 saturated carbocycles. The second-order valence-corrected chi connectivity index (χ2v) is 10.0. The zero-order valence-corrected chi connectivity index (χ0v) is 21.1. The van der Waals surface area contributed by atoms with Crippen LogP contribution >= 0.6 is 7.75 Å². The number of ether oxygens (including phenoxy) is 3. The number of nitrogens with zero attached hydrogens (tertiary/aromatic N) is 4. The van der Waals surface area contributed by atoms with Crippen molar-refractivity contribution in [3.05, 3.63) is 36.7 Å². The Balaban J connectivity index is 1.42. The van der Waals surface area contributed by atoms with E-state index in [2.05, 4.69) is 20.0 Å². The van der Waals surface area contributed by atoms with E-state index in [-0.39, 0.29) is 31.1 Å². The van der Waals surface area contributed by atoms with Gasteiger partial charge in [-0.1, -0.05) is 18.2 Å². The molecule has 4 rings (SSSR count). The fourth-order valence-electron chi connectivity index (χ4n) is 3.65. The summed E-state index contributed by atoms with van der Waals surface area (Å²) in [7, 11) is -2.45. The Labute approximate surface area is 207 Å². The van der Waals surface area contributed by atoms with Crippen molar-refractivity contribution >= 4 is 30.8 Å². The number of hydrogen-bond donors (Lipinski definition) is 2. The Hall–Kier alpha value is -3.25. The quantitative estimate of drug-likeness (QED) is 0.281. The van der Waals surface area contributed by atoms with E-state index in [1.807, 2.05) is 0 Å². The zero-order valence-electron chi connectivity index (χ0n) is 20.2. The number of anilines is 1. The number of imidazole rings is 1. The third-order valence-corrected chi connectivity index (χ3v) is 6.66. The summed E-state index contributed by atoms with van der Waals surface area (Å²) in [5, 5.41) is 2.58. The fraction of sp³-hybridized carbons (Fsp3) is 0.455. The van der Waals surface area contributed by atoms with Gasteiger partial charge in [0, 0.05) is 0 Å². The second kappa shape index (κ2) is 11.2. The summed E-state index contributed by atoms with van der Waals surface area (Å²) >= 11 is 0. The highest BCUT2D eigenvalue weighted by Gasteiger charge is 2.34. The van der Waals surface area contributed by atoms with Crippen LogP contribution in [-0.2, 0) is 23.4 Å². The highest BCUT2D eigenvalue weighted by molar-refractivity contribution is 7.52. The molecule has 3 aromatic rings. The molecule has 14 heteroatoms. The van der Waals surface area contributed by atoms with Crippen LogP contribution in [0.15, 0.2) is 36.7 Å². The number of nitrogen functional groups attached to an aromatic ring is 1. The lowest BCUT2D eigenvalue weighted by Gasteiger charge is -2.22. The van der Waals surface area contributed by atoms with E-state index in [9.17, 15) is 9.36 Å². The monoisotopic (exact) mass is 520 g/mol. The van der Waals surface area contributed by atoms with Crippen LogP contribution in [0.25, 0.3) is 11.2 Å². The summed E-state index contributed by atoms with van der Waals surface area (Å²) in [4.78, 5) is 24.6. The molecule has 2 aromatic heterocycles.